The van der Waals surface area contributed by atoms with E-state index in [9.17, 15) is 35.9 Å². The van der Waals surface area contributed by atoms with Gasteiger partial charge in [-0.15, -0.1) is 0 Å². The molecule has 0 aliphatic carbocycles. The second-order valence-corrected chi connectivity index (χ2v) is 8.67. The minimum atomic E-state index is -5.08. The Kier molecular flexibility index (Phi) is 10.6. The molecule has 1 spiro atoms. The van der Waals surface area contributed by atoms with Gasteiger partial charge in [-0.3, -0.25) is 19.6 Å². The minimum Gasteiger partial charge on any atom is -0.475 e. The number of hydrogen-bond donors (Lipinski definition) is 2. The summed E-state index contributed by atoms with van der Waals surface area (Å²) in [5, 5.41) is 14.2. The van der Waals surface area contributed by atoms with E-state index in [0.29, 0.717) is 31.7 Å². The van der Waals surface area contributed by atoms with Crippen LogP contribution in [0.25, 0.3) is 0 Å². The maximum absolute atomic E-state index is 12.6. The number of carbonyl (C=O) groups is 4. The van der Waals surface area contributed by atoms with Crippen molar-refractivity contribution in [3.05, 3.63) is 60.2 Å². The molecule has 0 saturated carbocycles. The first-order valence-electron chi connectivity index (χ1n) is 11.6. The van der Waals surface area contributed by atoms with Crippen LogP contribution in [-0.2, 0) is 20.9 Å². The summed E-state index contributed by atoms with van der Waals surface area (Å²) in [6.07, 6.45) is -1.88. The van der Waals surface area contributed by atoms with Gasteiger partial charge in [0.15, 0.2) is 0 Å². The fourth-order valence-corrected chi connectivity index (χ4v) is 4.10. The van der Waals surface area contributed by atoms with Crippen LogP contribution < -0.4 is 0 Å². The van der Waals surface area contributed by atoms with E-state index in [1.807, 2.05) is 34.1 Å². The molecular formula is C24H24F6N4O6. The number of aromatic nitrogens is 2. The average Bonchev–Trinajstić information content (AvgIpc) is 3.19. The van der Waals surface area contributed by atoms with E-state index in [-0.39, 0.29) is 17.4 Å². The summed E-state index contributed by atoms with van der Waals surface area (Å²) in [6, 6.07) is 9.31. The number of likely N-dealkylation sites (tertiary alicyclic amines) is 2. The zero-order valence-electron chi connectivity index (χ0n) is 20.7. The lowest BCUT2D eigenvalue weighted by atomic mass is 9.84. The van der Waals surface area contributed by atoms with Crippen LogP contribution >= 0.6 is 0 Å². The predicted molar refractivity (Wildman–Crippen MR) is 124 cm³/mol. The molecule has 2 aromatic heterocycles. The molecular weight excluding hydrogens is 554 g/mol. The van der Waals surface area contributed by atoms with Crippen LogP contribution in [0.3, 0.4) is 0 Å². The van der Waals surface area contributed by atoms with Crippen LogP contribution in [0.2, 0.25) is 0 Å². The van der Waals surface area contributed by atoms with Crippen LogP contribution in [0.4, 0.5) is 26.3 Å². The fraction of sp³-hybridized carbons (Fsp3) is 0.417. The Morgan fingerprint density at radius 1 is 0.850 bits per heavy atom. The second kappa shape index (κ2) is 13.2. The molecule has 2 aliphatic rings. The number of carboxylic acid groups (broad SMARTS) is 2. The molecule has 2 saturated heterocycles. The van der Waals surface area contributed by atoms with Crippen molar-refractivity contribution in [3.8, 4) is 0 Å². The number of halogens is 6. The molecule has 0 radical (unpaired) electrons. The molecule has 0 aromatic carbocycles. The predicted octanol–water partition coefficient (Wildman–Crippen LogP) is 3.54. The molecule has 0 atom stereocenters. The lowest BCUT2D eigenvalue weighted by Gasteiger charge is -2.45. The highest BCUT2D eigenvalue weighted by molar-refractivity contribution is 5.92. The lowest BCUT2D eigenvalue weighted by molar-refractivity contribution is -0.193. The quantitative estimate of drug-likeness (QED) is 0.527. The topological polar surface area (TPSA) is 141 Å². The number of amides is 2. The minimum absolute atomic E-state index is 0.0227. The van der Waals surface area contributed by atoms with Crippen molar-refractivity contribution in [1.82, 2.24) is 19.8 Å². The molecule has 4 rings (SSSR count). The summed E-state index contributed by atoms with van der Waals surface area (Å²) < 4.78 is 63.5. The van der Waals surface area contributed by atoms with E-state index in [1.165, 1.54) is 0 Å². The largest absolute Gasteiger partial charge is 0.490 e. The van der Waals surface area contributed by atoms with E-state index >= 15 is 0 Å². The van der Waals surface area contributed by atoms with E-state index < -0.39 is 24.3 Å². The molecule has 2 N–H and O–H groups in total. The first-order valence-corrected chi connectivity index (χ1v) is 11.6. The third-order valence-electron chi connectivity index (χ3n) is 6.12. The smallest absolute Gasteiger partial charge is 0.475 e. The van der Waals surface area contributed by atoms with Gasteiger partial charge >= 0.3 is 24.3 Å². The number of pyridine rings is 2. The number of carboxylic acids is 2. The van der Waals surface area contributed by atoms with Crippen LogP contribution in [0.5, 0.6) is 0 Å². The summed E-state index contributed by atoms with van der Waals surface area (Å²) in [5.41, 5.74) is 1.46. The summed E-state index contributed by atoms with van der Waals surface area (Å²) >= 11 is 0. The molecule has 2 aromatic rings. The van der Waals surface area contributed by atoms with Gasteiger partial charge in [0.25, 0.3) is 5.91 Å². The Morgan fingerprint density at radius 2 is 1.38 bits per heavy atom. The molecule has 2 amide bonds. The number of alkyl halides is 6. The van der Waals surface area contributed by atoms with Crippen LogP contribution in [-0.4, -0.2) is 84.7 Å². The highest BCUT2D eigenvalue weighted by atomic mass is 19.4. The molecule has 2 fully saturated rings. The van der Waals surface area contributed by atoms with Gasteiger partial charge in [0.1, 0.15) is 5.69 Å². The molecule has 218 valence electrons. The Labute approximate surface area is 223 Å². The van der Waals surface area contributed by atoms with Crippen molar-refractivity contribution in [2.24, 2.45) is 0 Å². The first kappa shape index (κ1) is 32.0. The van der Waals surface area contributed by atoms with Crippen molar-refractivity contribution in [1.29, 1.82) is 0 Å². The third kappa shape index (κ3) is 8.91. The number of carbonyl (C=O) groups excluding carboxylic acids is 2. The number of rotatable bonds is 3. The maximum Gasteiger partial charge on any atom is 0.490 e. The summed E-state index contributed by atoms with van der Waals surface area (Å²) in [5.74, 6) is -5.32. The first-order chi connectivity index (χ1) is 18.6. The fourth-order valence-electron chi connectivity index (χ4n) is 4.10. The summed E-state index contributed by atoms with van der Waals surface area (Å²) in [6.45, 7) is 1.95. The van der Waals surface area contributed by atoms with Gasteiger partial charge in [-0.2, -0.15) is 26.3 Å². The zero-order chi connectivity index (χ0) is 30.1. The van der Waals surface area contributed by atoms with Gasteiger partial charge in [0.2, 0.25) is 5.91 Å². The van der Waals surface area contributed by atoms with E-state index in [0.717, 1.165) is 24.8 Å². The van der Waals surface area contributed by atoms with Gasteiger partial charge in [-0.1, -0.05) is 6.07 Å². The second-order valence-electron chi connectivity index (χ2n) is 8.67. The van der Waals surface area contributed by atoms with Gasteiger partial charge in [0.05, 0.1) is 0 Å². The van der Waals surface area contributed by atoms with Crippen molar-refractivity contribution in [2.75, 3.05) is 13.1 Å². The highest BCUT2D eigenvalue weighted by Gasteiger charge is 2.47. The Bertz CT molecular complexity index is 1150. The highest BCUT2D eigenvalue weighted by Crippen LogP contribution is 2.40. The maximum atomic E-state index is 12.6. The molecule has 4 heterocycles. The third-order valence-corrected chi connectivity index (χ3v) is 6.12. The molecule has 16 heteroatoms. The van der Waals surface area contributed by atoms with Crippen molar-refractivity contribution < 1.29 is 55.7 Å². The zero-order valence-corrected chi connectivity index (χ0v) is 20.7. The number of aliphatic carboxylic acids is 2. The molecule has 0 bridgehead atoms. The summed E-state index contributed by atoms with van der Waals surface area (Å²) in [7, 11) is 0. The van der Waals surface area contributed by atoms with Gasteiger partial charge in [0, 0.05) is 50.2 Å². The van der Waals surface area contributed by atoms with Crippen molar-refractivity contribution >= 4 is 23.8 Å². The number of nitrogens with zero attached hydrogens (tertiary/aromatic N) is 4. The monoisotopic (exact) mass is 578 g/mol. The van der Waals surface area contributed by atoms with Gasteiger partial charge in [-0.05, 0) is 49.1 Å². The summed E-state index contributed by atoms with van der Waals surface area (Å²) in [4.78, 5) is 55.0. The van der Waals surface area contributed by atoms with Crippen molar-refractivity contribution in [2.45, 2.75) is 50.1 Å². The van der Waals surface area contributed by atoms with Crippen LogP contribution in [0.1, 0.15) is 41.7 Å². The van der Waals surface area contributed by atoms with E-state index in [1.54, 1.807) is 24.7 Å². The van der Waals surface area contributed by atoms with E-state index in [4.69, 9.17) is 19.8 Å². The van der Waals surface area contributed by atoms with Gasteiger partial charge < -0.3 is 20.0 Å². The SMILES string of the molecule is O=C(O)C(F)(F)F.O=C(O)C(F)(F)F.O=C(c1ccccn1)N1CCC2(CCC(=O)N2Cc2ccncc2)CC1. The normalized spacial score (nSPS) is 16.4. The molecule has 2 aliphatic heterocycles. The number of piperidine rings is 1. The van der Waals surface area contributed by atoms with Gasteiger partial charge in [-0.25, -0.2) is 9.59 Å². The number of hydrogen-bond acceptors (Lipinski definition) is 6. The van der Waals surface area contributed by atoms with Crippen molar-refractivity contribution in [3.63, 3.8) is 0 Å². The Balaban J connectivity index is 0.000000333. The van der Waals surface area contributed by atoms with E-state index in [2.05, 4.69) is 9.97 Å². The van der Waals surface area contributed by atoms with Crippen LogP contribution in [0, 0.1) is 0 Å². The average molecular weight is 578 g/mol. The van der Waals surface area contributed by atoms with Crippen LogP contribution in [0.15, 0.2) is 48.9 Å². The standard InChI is InChI=1S/C20H22N4O2.2C2HF3O2/c25-18-4-7-20(24(18)15-16-5-11-21-12-6-16)8-13-23(14-9-20)19(26)17-3-1-2-10-22-17;2*3-2(4,5)1(6)7/h1-3,5-6,10-12H,4,7-9,13-15H2;2*(H,6,7). The Morgan fingerprint density at radius 3 is 1.82 bits per heavy atom. The molecule has 0 unspecified atom stereocenters. The Hall–Kier alpha value is -4.24. The molecule has 40 heavy (non-hydrogen) atoms. The lowest BCUT2D eigenvalue weighted by Crippen LogP contribution is -2.53. The molecule has 10 nitrogen and oxygen atoms in total.